The Morgan fingerprint density at radius 2 is 1.74 bits per heavy atom. The molecule has 3 heterocycles. The normalized spacial score (nSPS) is 16.0. The molecule has 1 aliphatic rings. The highest BCUT2D eigenvalue weighted by Crippen LogP contribution is 2.30. The van der Waals surface area contributed by atoms with Gasteiger partial charge in [0.2, 0.25) is 17.7 Å². The van der Waals surface area contributed by atoms with E-state index in [9.17, 15) is 14.4 Å². The van der Waals surface area contributed by atoms with Crippen LogP contribution in [0.2, 0.25) is 0 Å². The number of carbonyl (C=O) groups is 3. The van der Waals surface area contributed by atoms with Crippen LogP contribution in [0, 0.1) is 17.8 Å². The molecule has 1 saturated heterocycles. The number of rotatable bonds is 16. The fourth-order valence-electron chi connectivity index (χ4n) is 6.26. The molecule has 3 atom stereocenters. The summed E-state index contributed by atoms with van der Waals surface area (Å²) in [6, 6.07) is 11.7. The molecule has 1 fully saturated rings. The van der Waals surface area contributed by atoms with Crippen molar-refractivity contribution in [3.05, 3.63) is 60.2 Å². The minimum Gasteiger partial charge on any atom is -0.355 e. The molecule has 0 saturated carbocycles. The molecule has 0 bridgehead atoms. The SMILES string of the molecule is CCC(C)C(C(=O)N1CCCC1C(=O)NCc1ccc(-c2ccc(-c3cnc(CCCCNC(=O)CNC)[nH]3)cn2)cc1)C(C)C. The highest BCUT2D eigenvalue weighted by molar-refractivity contribution is 5.89. The van der Waals surface area contributed by atoms with Crippen molar-refractivity contribution in [3.8, 4) is 22.5 Å². The Morgan fingerprint density at radius 1 is 0.978 bits per heavy atom. The van der Waals surface area contributed by atoms with E-state index in [0.29, 0.717) is 32.6 Å². The zero-order chi connectivity index (χ0) is 33.1. The Bertz CT molecular complexity index is 1420. The predicted octanol–water partition coefficient (Wildman–Crippen LogP) is 4.72. The first-order valence-electron chi connectivity index (χ1n) is 16.8. The van der Waals surface area contributed by atoms with Gasteiger partial charge in [-0.3, -0.25) is 19.4 Å². The number of unbranched alkanes of at least 4 members (excludes halogenated alkanes) is 1. The topological polar surface area (TPSA) is 132 Å². The number of imidazole rings is 1. The van der Waals surface area contributed by atoms with Crippen LogP contribution in [-0.4, -0.2) is 70.3 Å². The first kappa shape index (κ1) is 34.8. The standard InChI is InChI=1S/C36H51N7O3/c1-6-25(4)34(24(2)3)36(46)43-19-9-10-31(43)35(45)41-20-26-12-14-27(15-13-26)29-17-16-28(21-39-29)30-22-40-32(42-30)11-7-8-18-38-33(44)23-37-5/h12-17,21-22,24-25,31,34,37H,6-11,18-20,23H2,1-5H3,(H,38,44)(H,40,42)(H,41,45). The molecular weight excluding hydrogens is 578 g/mol. The monoisotopic (exact) mass is 629 g/mol. The molecule has 3 unspecified atom stereocenters. The van der Waals surface area contributed by atoms with E-state index >= 15 is 0 Å². The lowest BCUT2D eigenvalue weighted by Gasteiger charge is -2.33. The highest BCUT2D eigenvalue weighted by Gasteiger charge is 2.39. The molecule has 1 aromatic carbocycles. The zero-order valence-corrected chi connectivity index (χ0v) is 28.1. The molecule has 1 aliphatic heterocycles. The number of amides is 3. The minimum atomic E-state index is -0.395. The minimum absolute atomic E-state index is 0.0107. The maximum Gasteiger partial charge on any atom is 0.243 e. The van der Waals surface area contributed by atoms with Crippen molar-refractivity contribution in [2.24, 2.45) is 17.8 Å². The maximum atomic E-state index is 13.5. The molecule has 0 spiro atoms. The molecule has 10 nitrogen and oxygen atoms in total. The number of hydrogen-bond acceptors (Lipinski definition) is 6. The van der Waals surface area contributed by atoms with Crippen molar-refractivity contribution in [2.75, 3.05) is 26.7 Å². The van der Waals surface area contributed by atoms with Gasteiger partial charge in [-0.05, 0) is 62.3 Å². The van der Waals surface area contributed by atoms with Gasteiger partial charge in [0, 0.05) is 49.3 Å². The summed E-state index contributed by atoms with van der Waals surface area (Å²) in [7, 11) is 1.76. The van der Waals surface area contributed by atoms with Gasteiger partial charge in [-0.25, -0.2) is 4.98 Å². The van der Waals surface area contributed by atoms with E-state index in [2.05, 4.69) is 58.6 Å². The first-order valence-corrected chi connectivity index (χ1v) is 16.8. The number of likely N-dealkylation sites (tertiary alicyclic amines) is 1. The number of aromatic amines is 1. The number of carbonyl (C=O) groups excluding carboxylic acids is 3. The molecule has 248 valence electrons. The summed E-state index contributed by atoms with van der Waals surface area (Å²) in [6.07, 6.45) is 8.83. The summed E-state index contributed by atoms with van der Waals surface area (Å²) in [4.78, 5) is 52.6. The van der Waals surface area contributed by atoms with Crippen LogP contribution >= 0.6 is 0 Å². The number of aryl methyl sites for hydroxylation is 1. The summed E-state index contributed by atoms with van der Waals surface area (Å²) in [5.74, 6) is 1.45. The van der Waals surface area contributed by atoms with Crippen LogP contribution in [0.25, 0.3) is 22.5 Å². The largest absolute Gasteiger partial charge is 0.355 e. The Labute approximate surface area is 273 Å². The number of pyridine rings is 1. The number of nitrogens with one attached hydrogen (secondary N) is 4. The summed E-state index contributed by atoms with van der Waals surface area (Å²) in [5.41, 5.74) is 4.73. The van der Waals surface area contributed by atoms with Crippen LogP contribution in [-0.2, 0) is 27.3 Å². The van der Waals surface area contributed by atoms with Crippen LogP contribution in [0.3, 0.4) is 0 Å². The molecule has 10 heteroatoms. The summed E-state index contributed by atoms with van der Waals surface area (Å²) in [5, 5.41) is 8.81. The van der Waals surface area contributed by atoms with Crippen molar-refractivity contribution in [1.29, 1.82) is 0 Å². The van der Waals surface area contributed by atoms with Gasteiger partial charge >= 0.3 is 0 Å². The lowest BCUT2D eigenvalue weighted by molar-refractivity contribution is -0.144. The number of aromatic nitrogens is 3. The van der Waals surface area contributed by atoms with E-state index in [0.717, 1.165) is 66.0 Å². The average molecular weight is 630 g/mol. The Hall–Kier alpha value is -4.05. The number of likely N-dealkylation sites (N-methyl/N-ethyl adjacent to an activating group) is 1. The van der Waals surface area contributed by atoms with Crippen molar-refractivity contribution in [3.63, 3.8) is 0 Å². The quantitative estimate of drug-likeness (QED) is 0.170. The highest BCUT2D eigenvalue weighted by atomic mass is 16.2. The van der Waals surface area contributed by atoms with E-state index in [1.165, 1.54) is 0 Å². The molecule has 46 heavy (non-hydrogen) atoms. The number of hydrogen-bond donors (Lipinski definition) is 4. The van der Waals surface area contributed by atoms with E-state index in [4.69, 9.17) is 0 Å². The van der Waals surface area contributed by atoms with E-state index in [1.54, 1.807) is 7.05 Å². The van der Waals surface area contributed by atoms with Gasteiger partial charge in [-0.2, -0.15) is 0 Å². The summed E-state index contributed by atoms with van der Waals surface area (Å²) < 4.78 is 0. The zero-order valence-electron chi connectivity index (χ0n) is 28.1. The molecule has 3 amide bonds. The fraction of sp³-hybridized carbons (Fsp3) is 0.528. The number of nitrogens with zero attached hydrogens (tertiary/aromatic N) is 3. The first-order chi connectivity index (χ1) is 22.2. The summed E-state index contributed by atoms with van der Waals surface area (Å²) >= 11 is 0. The van der Waals surface area contributed by atoms with Crippen molar-refractivity contribution < 1.29 is 14.4 Å². The molecular formula is C36H51N7O3. The lowest BCUT2D eigenvalue weighted by Crippen LogP contribution is -2.49. The third-order valence-corrected chi connectivity index (χ3v) is 9.02. The Kier molecular flexibility index (Phi) is 12.9. The van der Waals surface area contributed by atoms with Gasteiger partial charge < -0.3 is 25.8 Å². The van der Waals surface area contributed by atoms with Crippen molar-refractivity contribution in [2.45, 2.75) is 78.8 Å². The third-order valence-electron chi connectivity index (χ3n) is 9.02. The fourth-order valence-corrected chi connectivity index (χ4v) is 6.26. The molecule has 4 N–H and O–H groups in total. The van der Waals surface area contributed by atoms with Gasteiger partial charge in [0.15, 0.2) is 0 Å². The predicted molar refractivity (Wildman–Crippen MR) is 181 cm³/mol. The van der Waals surface area contributed by atoms with Crippen LogP contribution < -0.4 is 16.0 Å². The molecule has 3 aromatic rings. The molecule has 2 aromatic heterocycles. The van der Waals surface area contributed by atoms with Gasteiger partial charge in [0.25, 0.3) is 0 Å². The van der Waals surface area contributed by atoms with E-state index in [1.807, 2.05) is 53.7 Å². The maximum absolute atomic E-state index is 13.5. The van der Waals surface area contributed by atoms with E-state index in [-0.39, 0.29) is 35.5 Å². The average Bonchev–Trinajstić information content (AvgIpc) is 3.74. The molecule has 0 radical (unpaired) electrons. The van der Waals surface area contributed by atoms with Gasteiger partial charge in [0.05, 0.1) is 24.1 Å². The van der Waals surface area contributed by atoms with Gasteiger partial charge in [-0.15, -0.1) is 0 Å². The Balaban J connectivity index is 1.26. The second-order valence-corrected chi connectivity index (χ2v) is 12.8. The van der Waals surface area contributed by atoms with Gasteiger partial charge in [-0.1, -0.05) is 58.4 Å². The lowest BCUT2D eigenvalue weighted by atomic mass is 9.81. The number of H-pyrrole nitrogens is 1. The van der Waals surface area contributed by atoms with Crippen LogP contribution in [0.4, 0.5) is 0 Å². The molecule has 0 aliphatic carbocycles. The second kappa shape index (κ2) is 17.0. The second-order valence-electron chi connectivity index (χ2n) is 12.8. The van der Waals surface area contributed by atoms with Gasteiger partial charge in [0.1, 0.15) is 11.9 Å². The van der Waals surface area contributed by atoms with Crippen LogP contribution in [0.5, 0.6) is 0 Å². The third kappa shape index (κ3) is 9.25. The Morgan fingerprint density at radius 3 is 2.41 bits per heavy atom. The molecule has 4 rings (SSSR count). The van der Waals surface area contributed by atoms with Crippen LogP contribution in [0.1, 0.15) is 71.2 Å². The van der Waals surface area contributed by atoms with E-state index < -0.39 is 6.04 Å². The summed E-state index contributed by atoms with van der Waals surface area (Å²) in [6.45, 7) is 10.5. The smallest absolute Gasteiger partial charge is 0.243 e. The van der Waals surface area contributed by atoms with Crippen molar-refractivity contribution in [1.82, 2.24) is 35.8 Å². The van der Waals surface area contributed by atoms with Crippen LogP contribution in [0.15, 0.2) is 48.8 Å². The van der Waals surface area contributed by atoms with Crippen molar-refractivity contribution >= 4 is 17.7 Å². The number of benzene rings is 1.